The number of amides is 1. The van der Waals surface area contributed by atoms with Crippen molar-refractivity contribution in [2.24, 2.45) is 7.05 Å². The van der Waals surface area contributed by atoms with Gasteiger partial charge in [0.1, 0.15) is 11.2 Å². The molecule has 1 N–H and O–H groups in total. The van der Waals surface area contributed by atoms with Crippen LogP contribution in [0, 0.1) is 0 Å². The number of anilines is 2. The largest absolute Gasteiger partial charge is 0.336 e. The highest BCUT2D eigenvalue weighted by molar-refractivity contribution is 7.13. The number of nitrogens with one attached hydrogen (secondary N) is 1. The molecule has 2 aliphatic rings. The van der Waals surface area contributed by atoms with E-state index < -0.39 is 0 Å². The third-order valence-electron chi connectivity index (χ3n) is 6.74. The van der Waals surface area contributed by atoms with Crippen LogP contribution in [0.3, 0.4) is 0 Å². The van der Waals surface area contributed by atoms with E-state index in [1.807, 2.05) is 17.9 Å². The number of aryl methyl sites for hydroxylation is 3. The Hall–Kier alpha value is -2.94. The van der Waals surface area contributed by atoms with Crippen molar-refractivity contribution in [3.8, 4) is 0 Å². The predicted molar refractivity (Wildman–Crippen MR) is 131 cm³/mol. The highest BCUT2D eigenvalue weighted by atomic mass is 32.1. The van der Waals surface area contributed by atoms with Gasteiger partial charge in [-0.25, -0.2) is 15.0 Å². The van der Waals surface area contributed by atoms with E-state index in [1.165, 1.54) is 0 Å². The summed E-state index contributed by atoms with van der Waals surface area (Å²) in [6.07, 6.45) is 7.77. The summed E-state index contributed by atoms with van der Waals surface area (Å²) in [6, 6.07) is 3.08. The molecule has 0 saturated heterocycles. The average Bonchev–Trinajstić information content (AvgIpc) is 3.71. The molecule has 0 spiro atoms. The lowest BCUT2D eigenvalue weighted by Crippen LogP contribution is -2.36. The summed E-state index contributed by atoms with van der Waals surface area (Å²) in [5, 5.41) is 7.33. The molecule has 9 heteroatoms. The van der Waals surface area contributed by atoms with Crippen LogP contribution in [0.25, 0.3) is 22.1 Å². The number of rotatable bonds is 8. The van der Waals surface area contributed by atoms with Gasteiger partial charge in [0.15, 0.2) is 10.9 Å². The van der Waals surface area contributed by atoms with Crippen LogP contribution in [0.15, 0.2) is 17.8 Å². The first kappa shape index (κ1) is 20.7. The van der Waals surface area contributed by atoms with Gasteiger partial charge in [-0.05, 0) is 45.1 Å². The molecule has 0 bridgehead atoms. The molecule has 172 valence electrons. The molecule has 4 aromatic rings. The Kier molecular flexibility index (Phi) is 4.90. The topological polar surface area (TPSA) is 80.9 Å². The molecule has 8 nitrogen and oxygen atoms in total. The van der Waals surface area contributed by atoms with Crippen molar-refractivity contribution < 1.29 is 4.79 Å². The number of carbonyl (C=O) groups is 1. The van der Waals surface area contributed by atoms with Crippen LogP contribution in [-0.2, 0) is 31.2 Å². The molecule has 2 fully saturated rings. The second kappa shape index (κ2) is 7.83. The maximum atomic E-state index is 13.3. The van der Waals surface area contributed by atoms with Crippen molar-refractivity contribution in [2.45, 2.75) is 71.0 Å². The fourth-order valence-corrected chi connectivity index (χ4v) is 5.63. The van der Waals surface area contributed by atoms with Crippen LogP contribution in [0.5, 0.6) is 0 Å². The molecule has 0 aliphatic heterocycles. The van der Waals surface area contributed by atoms with Gasteiger partial charge in [-0.3, -0.25) is 4.79 Å². The van der Waals surface area contributed by atoms with Crippen LogP contribution >= 0.6 is 11.3 Å². The van der Waals surface area contributed by atoms with Crippen LogP contribution in [0.4, 0.5) is 10.9 Å². The standard InChI is InChI=1S/C24H29N7OS/c1-4-14-12-33-24(26-14)28-22-20-21(29(3)13-25-20)18-10-17(30(5-2)23(18)27-22)11-19(32)31(15-6-7-15)16-8-9-16/h10,12-13,15-16H,4-9,11H2,1-3H3,(H,26,27,28). The molecule has 0 radical (unpaired) electrons. The number of hydrogen-bond acceptors (Lipinski definition) is 6. The van der Waals surface area contributed by atoms with E-state index in [-0.39, 0.29) is 5.91 Å². The number of fused-ring (bicyclic) bond motifs is 3. The van der Waals surface area contributed by atoms with E-state index in [2.05, 4.69) is 50.0 Å². The highest BCUT2D eigenvalue weighted by Gasteiger charge is 2.42. The van der Waals surface area contributed by atoms with Gasteiger partial charge in [-0.2, -0.15) is 0 Å². The van der Waals surface area contributed by atoms with E-state index in [9.17, 15) is 4.79 Å². The van der Waals surface area contributed by atoms with Gasteiger partial charge >= 0.3 is 0 Å². The summed E-state index contributed by atoms with van der Waals surface area (Å²) >= 11 is 1.58. The second-order valence-corrected chi connectivity index (χ2v) is 10.1. The Morgan fingerprint density at radius 2 is 1.97 bits per heavy atom. The molecule has 6 rings (SSSR count). The zero-order valence-electron chi connectivity index (χ0n) is 19.3. The summed E-state index contributed by atoms with van der Waals surface area (Å²) in [5.74, 6) is 0.963. The van der Waals surface area contributed by atoms with Crippen LogP contribution < -0.4 is 5.32 Å². The third kappa shape index (κ3) is 3.58. The van der Waals surface area contributed by atoms with Gasteiger partial charge in [-0.15, -0.1) is 11.3 Å². The van der Waals surface area contributed by atoms with E-state index in [1.54, 1.807) is 11.3 Å². The number of aromatic nitrogens is 5. The average molecular weight is 464 g/mol. The fourth-order valence-electron chi connectivity index (χ4n) is 4.84. The first-order chi connectivity index (χ1) is 16.1. The monoisotopic (exact) mass is 463 g/mol. The van der Waals surface area contributed by atoms with Crippen LogP contribution in [-0.4, -0.2) is 47.0 Å². The summed E-state index contributed by atoms with van der Waals surface area (Å²) in [7, 11) is 2.01. The molecule has 4 heterocycles. The molecule has 1 amide bonds. The minimum absolute atomic E-state index is 0.256. The lowest BCUT2D eigenvalue weighted by Gasteiger charge is -2.22. The summed E-state index contributed by atoms with van der Waals surface area (Å²) in [5.41, 5.74) is 4.82. The van der Waals surface area contributed by atoms with Crippen molar-refractivity contribution in [1.29, 1.82) is 0 Å². The van der Waals surface area contributed by atoms with Gasteiger partial charge in [0, 0.05) is 42.1 Å². The van der Waals surface area contributed by atoms with Crippen molar-refractivity contribution in [2.75, 3.05) is 5.32 Å². The van der Waals surface area contributed by atoms with Gasteiger partial charge in [-0.1, -0.05) is 6.92 Å². The molecule has 0 atom stereocenters. The Morgan fingerprint density at radius 3 is 2.61 bits per heavy atom. The summed E-state index contributed by atoms with van der Waals surface area (Å²) in [6.45, 7) is 4.97. The van der Waals surface area contributed by atoms with E-state index in [0.717, 1.165) is 77.2 Å². The lowest BCUT2D eigenvalue weighted by molar-refractivity contribution is -0.131. The lowest BCUT2D eigenvalue weighted by atomic mass is 10.2. The van der Waals surface area contributed by atoms with Crippen molar-refractivity contribution in [1.82, 2.24) is 29.0 Å². The first-order valence-electron chi connectivity index (χ1n) is 11.9. The molecule has 2 aliphatic carbocycles. The van der Waals surface area contributed by atoms with Crippen molar-refractivity contribution in [3.05, 3.63) is 29.2 Å². The fraction of sp³-hybridized carbons (Fsp3) is 0.500. The molecule has 0 aromatic carbocycles. The quantitative estimate of drug-likeness (QED) is 0.419. The Labute approximate surface area is 196 Å². The van der Waals surface area contributed by atoms with Gasteiger partial charge < -0.3 is 19.4 Å². The number of carbonyl (C=O) groups excluding carboxylic acids is 1. The predicted octanol–water partition coefficient (Wildman–Crippen LogP) is 4.40. The van der Waals surface area contributed by atoms with Gasteiger partial charge in [0.25, 0.3) is 0 Å². The molecule has 33 heavy (non-hydrogen) atoms. The number of imidazole rings is 1. The zero-order valence-corrected chi connectivity index (χ0v) is 20.2. The molecule has 2 saturated carbocycles. The number of thiazole rings is 1. The Balaban J connectivity index is 1.42. The normalized spacial score (nSPS) is 16.1. The van der Waals surface area contributed by atoms with E-state index >= 15 is 0 Å². The summed E-state index contributed by atoms with van der Waals surface area (Å²) in [4.78, 5) is 29.8. The van der Waals surface area contributed by atoms with Crippen LogP contribution in [0.1, 0.15) is 50.9 Å². The molecular weight excluding hydrogens is 434 g/mol. The maximum absolute atomic E-state index is 13.3. The summed E-state index contributed by atoms with van der Waals surface area (Å²) < 4.78 is 4.22. The smallest absolute Gasteiger partial charge is 0.229 e. The van der Waals surface area contributed by atoms with Crippen molar-refractivity contribution in [3.63, 3.8) is 0 Å². The number of nitrogens with zero attached hydrogens (tertiary/aromatic N) is 6. The van der Waals surface area contributed by atoms with E-state index in [0.29, 0.717) is 24.3 Å². The number of pyridine rings is 1. The minimum Gasteiger partial charge on any atom is -0.336 e. The maximum Gasteiger partial charge on any atom is 0.229 e. The Bertz CT molecular complexity index is 1350. The molecule has 0 unspecified atom stereocenters. The molecule has 4 aromatic heterocycles. The van der Waals surface area contributed by atoms with Gasteiger partial charge in [0.2, 0.25) is 5.91 Å². The van der Waals surface area contributed by atoms with E-state index in [4.69, 9.17) is 4.98 Å². The van der Waals surface area contributed by atoms with Crippen LogP contribution in [0.2, 0.25) is 0 Å². The SMILES string of the molecule is CCc1csc(Nc2nc3c(cc(CC(=O)N(C4CC4)C4CC4)n3CC)c3c2ncn3C)n1. The Morgan fingerprint density at radius 1 is 1.21 bits per heavy atom. The zero-order chi connectivity index (χ0) is 22.7. The first-order valence-corrected chi connectivity index (χ1v) is 12.8. The van der Waals surface area contributed by atoms with Gasteiger partial charge in [0.05, 0.1) is 24.0 Å². The van der Waals surface area contributed by atoms with Crippen molar-refractivity contribution >= 4 is 50.3 Å². The highest BCUT2D eigenvalue weighted by Crippen LogP contribution is 2.38. The third-order valence-corrected chi connectivity index (χ3v) is 7.55. The molecular formula is C24H29N7OS. The number of hydrogen-bond donors (Lipinski definition) is 1. The minimum atomic E-state index is 0.256. The second-order valence-electron chi connectivity index (χ2n) is 9.19.